The first kappa shape index (κ1) is 18.1. The molecule has 1 saturated heterocycles. The lowest BCUT2D eigenvalue weighted by Crippen LogP contribution is -2.40. The van der Waals surface area contributed by atoms with Crippen molar-refractivity contribution >= 4 is 15.9 Å². The van der Waals surface area contributed by atoms with E-state index in [0.29, 0.717) is 6.42 Å². The van der Waals surface area contributed by atoms with E-state index < -0.39 is 22.5 Å². The van der Waals surface area contributed by atoms with Gasteiger partial charge in [-0.2, -0.15) is 8.42 Å². The van der Waals surface area contributed by atoms with E-state index in [9.17, 15) is 13.2 Å². The predicted octanol–water partition coefficient (Wildman–Crippen LogP) is 2.20. The molecule has 128 valence electrons. The molecule has 0 aliphatic carbocycles. The molecule has 0 radical (unpaired) electrons. The van der Waals surface area contributed by atoms with Crippen LogP contribution in [0.5, 0.6) is 0 Å². The monoisotopic (exact) mass is 342 g/mol. The van der Waals surface area contributed by atoms with Gasteiger partial charge >= 0.3 is 0 Å². The quantitative estimate of drug-likeness (QED) is 0.738. The fourth-order valence-corrected chi connectivity index (χ4v) is 3.09. The van der Waals surface area contributed by atoms with E-state index >= 15 is 0 Å². The molecule has 1 aromatic rings. The Bertz CT molecular complexity index is 635. The van der Waals surface area contributed by atoms with Crippen LogP contribution < -0.4 is 0 Å². The average Bonchev–Trinajstić information content (AvgIpc) is 2.48. The SMILES string of the molecule is Cc1ccc(S(=O)(=O)OC[C@@H]2CCC(=O)[C@@H](OC(C)C)O2)cc1. The Morgan fingerprint density at radius 1 is 1.26 bits per heavy atom. The fourth-order valence-electron chi connectivity index (χ4n) is 2.16. The standard InChI is InChI=1S/C16H22O6S/c1-11(2)21-16-15(17)9-6-13(22-16)10-20-23(18,19)14-7-4-12(3)5-8-14/h4-5,7-8,11,13,16H,6,9-10H2,1-3H3/t13-,16-/m0/s1. The summed E-state index contributed by atoms with van der Waals surface area (Å²) < 4.78 is 40.2. The van der Waals surface area contributed by atoms with Gasteiger partial charge in [0.05, 0.1) is 23.7 Å². The smallest absolute Gasteiger partial charge is 0.297 e. The van der Waals surface area contributed by atoms with Crippen LogP contribution in [-0.2, 0) is 28.6 Å². The molecule has 1 aliphatic rings. The minimum atomic E-state index is -3.84. The van der Waals surface area contributed by atoms with Gasteiger partial charge in [0, 0.05) is 6.42 Å². The van der Waals surface area contributed by atoms with Crippen molar-refractivity contribution in [3.05, 3.63) is 29.8 Å². The third-order valence-electron chi connectivity index (χ3n) is 3.41. The number of carbonyl (C=O) groups excluding carboxylic acids is 1. The number of benzene rings is 1. The highest BCUT2D eigenvalue weighted by Gasteiger charge is 2.32. The van der Waals surface area contributed by atoms with Crippen molar-refractivity contribution in [2.75, 3.05) is 6.61 Å². The maximum Gasteiger partial charge on any atom is 0.297 e. The van der Waals surface area contributed by atoms with Crippen LogP contribution in [0.15, 0.2) is 29.2 Å². The number of carbonyl (C=O) groups is 1. The van der Waals surface area contributed by atoms with Crippen molar-refractivity contribution in [2.24, 2.45) is 0 Å². The first-order valence-electron chi connectivity index (χ1n) is 7.57. The summed E-state index contributed by atoms with van der Waals surface area (Å²) >= 11 is 0. The Kier molecular flexibility index (Phi) is 5.91. The summed E-state index contributed by atoms with van der Waals surface area (Å²) in [6.45, 7) is 5.34. The number of hydrogen-bond acceptors (Lipinski definition) is 6. The molecule has 0 saturated carbocycles. The van der Waals surface area contributed by atoms with E-state index in [1.807, 2.05) is 6.92 Å². The minimum Gasteiger partial charge on any atom is -0.343 e. The number of aryl methyl sites for hydroxylation is 1. The molecule has 1 aromatic carbocycles. The normalized spacial score (nSPS) is 22.5. The zero-order chi connectivity index (χ0) is 17.0. The summed E-state index contributed by atoms with van der Waals surface area (Å²) in [5, 5.41) is 0. The van der Waals surface area contributed by atoms with Crippen molar-refractivity contribution < 1.29 is 26.9 Å². The van der Waals surface area contributed by atoms with Gasteiger partial charge in [-0.15, -0.1) is 0 Å². The lowest BCUT2D eigenvalue weighted by atomic mass is 10.1. The topological polar surface area (TPSA) is 78.9 Å². The number of Topliss-reactive ketones (excluding diaryl/α,β-unsaturated/α-hetero) is 1. The van der Waals surface area contributed by atoms with E-state index in [4.69, 9.17) is 13.7 Å². The van der Waals surface area contributed by atoms with E-state index in [1.54, 1.807) is 26.0 Å². The Morgan fingerprint density at radius 2 is 1.91 bits per heavy atom. The highest BCUT2D eigenvalue weighted by molar-refractivity contribution is 7.86. The molecular formula is C16H22O6S. The van der Waals surface area contributed by atoms with Crippen molar-refractivity contribution in [3.63, 3.8) is 0 Å². The molecular weight excluding hydrogens is 320 g/mol. The van der Waals surface area contributed by atoms with Crippen LogP contribution in [0, 0.1) is 6.92 Å². The van der Waals surface area contributed by atoms with E-state index in [2.05, 4.69) is 0 Å². The van der Waals surface area contributed by atoms with Crippen molar-refractivity contribution in [2.45, 2.75) is 57.0 Å². The zero-order valence-electron chi connectivity index (χ0n) is 13.5. The molecule has 0 N–H and O–H groups in total. The molecule has 1 heterocycles. The first-order valence-corrected chi connectivity index (χ1v) is 8.98. The molecule has 0 aromatic heterocycles. The molecule has 1 fully saturated rings. The molecule has 1 aliphatic heterocycles. The van der Waals surface area contributed by atoms with Crippen LogP contribution in [-0.4, -0.2) is 39.3 Å². The molecule has 6 nitrogen and oxygen atoms in total. The van der Waals surface area contributed by atoms with Gasteiger partial charge < -0.3 is 9.47 Å². The van der Waals surface area contributed by atoms with Crippen LogP contribution >= 0.6 is 0 Å². The van der Waals surface area contributed by atoms with Crippen LogP contribution in [0.4, 0.5) is 0 Å². The number of ether oxygens (including phenoxy) is 2. The number of ketones is 1. The van der Waals surface area contributed by atoms with Gasteiger partial charge in [0.1, 0.15) is 0 Å². The van der Waals surface area contributed by atoms with Gasteiger partial charge in [0.2, 0.25) is 6.29 Å². The van der Waals surface area contributed by atoms with E-state index in [-0.39, 0.29) is 29.8 Å². The fraction of sp³-hybridized carbons (Fsp3) is 0.562. The minimum absolute atomic E-state index is 0.102. The molecule has 0 unspecified atom stereocenters. The molecule has 0 amide bonds. The summed E-state index contributed by atoms with van der Waals surface area (Å²) in [5.41, 5.74) is 0.965. The van der Waals surface area contributed by atoms with Crippen LogP contribution in [0.2, 0.25) is 0 Å². The molecule has 2 rings (SSSR count). The van der Waals surface area contributed by atoms with Gasteiger partial charge in [-0.25, -0.2) is 0 Å². The van der Waals surface area contributed by atoms with Gasteiger partial charge in [-0.05, 0) is 39.3 Å². The third kappa shape index (κ3) is 5.10. The second-order valence-corrected chi connectivity index (χ2v) is 7.45. The lowest BCUT2D eigenvalue weighted by molar-refractivity contribution is -0.209. The Hall–Kier alpha value is -1.28. The summed E-state index contributed by atoms with van der Waals surface area (Å²) in [6.07, 6.45) is -0.882. The van der Waals surface area contributed by atoms with Crippen LogP contribution in [0.3, 0.4) is 0 Å². The third-order valence-corrected chi connectivity index (χ3v) is 4.70. The maximum absolute atomic E-state index is 12.1. The second kappa shape index (κ2) is 7.53. The Balaban J connectivity index is 1.94. The summed E-state index contributed by atoms with van der Waals surface area (Å²) in [7, 11) is -3.84. The zero-order valence-corrected chi connectivity index (χ0v) is 14.3. The average molecular weight is 342 g/mol. The van der Waals surface area contributed by atoms with E-state index in [0.717, 1.165) is 5.56 Å². The number of rotatable bonds is 6. The summed E-state index contributed by atoms with van der Waals surface area (Å²) in [4.78, 5) is 11.8. The summed E-state index contributed by atoms with van der Waals surface area (Å²) in [5.74, 6) is -0.128. The maximum atomic E-state index is 12.1. The lowest BCUT2D eigenvalue weighted by Gasteiger charge is -2.29. The predicted molar refractivity (Wildman–Crippen MR) is 83.4 cm³/mol. The molecule has 23 heavy (non-hydrogen) atoms. The van der Waals surface area contributed by atoms with Crippen LogP contribution in [0.1, 0.15) is 32.3 Å². The van der Waals surface area contributed by atoms with Crippen molar-refractivity contribution in [1.29, 1.82) is 0 Å². The Labute approximate surface area is 136 Å². The van der Waals surface area contributed by atoms with Gasteiger partial charge in [-0.1, -0.05) is 17.7 Å². The molecule has 0 spiro atoms. The molecule has 0 bridgehead atoms. The summed E-state index contributed by atoms with van der Waals surface area (Å²) in [6, 6.07) is 6.41. The highest BCUT2D eigenvalue weighted by atomic mass is 32.2. The first-order chi connectivity index (χ1) is 10.8. The van der Waals surface area contributed by atoms with Crippen molar-refractivity contribution in [1.82, 2.24) is 0 Å². The van der Waals surface area contributed by atoms with Gasteiger partial charge in [0.25, 0.3) is 10.1 Å². The Morgan fingerprint density at radius 3 is 2.52 bits per heavy atom. The number of hydrogen-bond donors (Lipinski definition) is 0. The van der Waals surface area contributed by atoms with Gasteiger partial charge in [0.15, 0.2) is 5.78 Å². The largest absolute Gasteiger partial charge is 0.343 e. The van der Waals surface area contributed by atoms with E-state index in [1.165, 1.54) is 12.1 Å². The second-order valence-electron chi connectivity index (χ2n) is 5.83. The van der Waals surface area contributed by atoms with Crippen molar-refractivity contribution in [3.8, 4) is 0 Å². The highest BCUT2D eigenvalue weighted by Crippen LogP contribution is 2.21. The van der Waals surface area contributed by atoms with Gasteiger partial charge in [-0.3, -0.25) is 8.98 Å². The molecule has 7 heteroatoms. The molecule has 2 atom stereocenters. The van der Waals surface area contributed by atoms with Crippen LogP contribution in [0.25, 0.3) is 0 Å².